The van der Waals surface area contributed by atoms with Crippen LogP contribution in [0.2, 0.25) is 0 Å². The van der Waals surface area contributed by atoms with Gasteiger partial charge in [-0.15, -0.1) is 11.3 Å². The van der Waals surface area contributed by atoms with E-state index in [0.29, 0.717) is 29.3 Å². The third-order valence-corrected chi connectivity index (χ3v) is 7.06. The Balaban J connectivity index is 1.69. The Morgan fingerprint density at radius 3 is 2.67 bits per heavy atom. The second-order valence-corrected chi connectivity index (χ2v) is 9.70. The topological polar surface area (TPSA) is 108 Å². The van der Waals surface area contributed by atoms with Crippen molar-refractivity contribution in [2.24, 2.45) is 0 Å². The summed E-state index contributed by atoms with van der Waals surface area (Å²) in [5, 5.41) is 22.2. The zero-order valence-electron chi connectivity index (χ0n) is 21.1. The monoisotopic (exact) mass is 507 g/mol. The van der Waals surface area contributed by atoms with Gasteiger partial charge in [0.2, 0.25) is 0 Å². The van der Waals surface area contributed by atoms with E-state index in [9.17, 15) is 9.90 Å². The van der Waals surface area contributed by atoms with Crippen molar-refractivity contribution in [1.29, 1.82) is 0 Å². The molecule has 1 unspecified atom stereocenters. The van der Waals surface area contributed by atoms with Gasteiger partial charge in [-0.2, -0.15) is 5.10 Å². The molecule has 36 heavy (non-hydrogen) atoms. The summed E-state index contributed by atoms with van der Waals surface area (Å²) in [5.74, 6) is 0.325. The van der Waals surface area contributed by atoms with Crippen molar-refractivity contribution in [3.63, 3.8) is 0 Å². The van der Waals surface area contributed by atoms with Crippen LogP contribution < -0.4 is 10.6 Å². The smallest absolute Gasteiger partial charge is 0.251 e. The number of thiophene rings is 1. The Kier molecular flexibility index (Phi) is 8.29. The molecule has 0 saturated carbocycles. The maximum Gasteiger partial charge on any atom is 0.251 e. The molecule has 0 aliphatic heterocycles. The first kappa shape index (κ1) is 25.7. The molecule has 4 aromatic heterocycles. The largest absolute Gasteiger partial charge is 0.394 e. The molecule has 190 valence electrons. The maximum absolute atomic E-state index is 13.2. The third-order valence-electron chi connectivity index (χ3n) is 6.17. The molecule has 0 aliphatic carbocycles. The van der Waals surface area contributed by atoms with Gasteiger partial charge in [0.25, 0.3) is 5.91 Å². The maximum atomic E-state index is 13.2. The number of hydrogen-bond acceptors (Lipinski definition) is 8. The highest BCUT2D eigenvalue weighted by Crippen LogP contribution is 2.28. The van der Waals surface area contributed by atoms with Crippen LogP contribution in [0.25, 0.3) is 27.5 Å². The van der Waals surface area contributed by atoms with Gasteiger partial charge in [0.05, 0.1) is 34.6 Å². The van der Waals surface area contributed by atoms with Crippen LogP contribution in [-0.2, 0) is 0 Å². The highest BCUT2D eigenvalue weighted by molar-refractivity contribution is 7.13. The quantitative estimate of drug-likeness (QED) is 0.284. The number of aliphatic hydroxyl groups is 1. The van der Waals surface area contributed by atoms with Gasteiger partial charge in [-0.3, -0.25) is 9.69 Å². The number of aliphatic hydroxyl groups excluding tert-OH is 1. The van der Waals surface area contributed by atoms with E-state index >= 15 is 0 Å². The van der Waals surface area contributed by atoms with Gasteiger partial charge < -0.3 is 15.7 Å². The number of anilines is 1. The molecule has 4 rings (SSSR count). The molecule has 0 saturated heterocycles. The first-order valence-corrected chi connectivity index (χ1v) is 13.1. The van der Waals surface area contributed by atoms with Crippen LogP contribution in [0.1, 0.15) is 38.1 Å². The molecule has 4 heterocycles. The fourth-order valence-electron chi connectivity index (χ4n) is 4.10. The van der Waals surface area contributed by atoms with E-state index in [4.69, 9.17) is 9.97 Å². The van der Waals surface area contributed by atoms with E-state index in [2.05, 4.69) is 41.4 Å². The lowest BCUT2D eigenvalue weighted by Gasteiger charge is -2.26. The molecule has 1 amide bonds. The van der Waals surface area contributed by atoms with Crippen LogP contribution in [0.15, 0.2) is 48.1 Å². The first-order chi connectivity index (χ1) is 17.4. The number of carbonyl (C=O) groups excluding carboxylic acids is 1. The van der Waals surface area contributed by atoms with E-state index in [-0.39, 0.29) is 24.6 Å². The Morgan fingerprint density at radius 1 is 1.17 bits per heavy atom. The lowest BCUT2D eigenvalue weighted by Crippen LogP contribution is -2.42. The van der Waals surface area contributed by atoms with E-state index in [1.807, 2.05) is 36.7 Å². The Morgan fingerprint density at radius 2 is 1.97 bits per heavy atom. The number of nitrogens with zero attached hydrogens (tertiary/aromatic N) is 5. The van der Waals surface area contributed by atoms with Crippen LogP contribution >= 0.6 is 11.3 Å². The van der Waals surface area contributed by atoms with E-state index < -0.39 is 0 Å². The lowest BCUT2D eigenvalue weighted by atomic mass is 10.1. The highest BCUT2D eigenvalue weighted by atomic mass is 32.1. The van der Waals surface area contributed by atoms with E-state index in [0.717, 1.165) is 29.2 Å². The van der Waals surface area contributed by atoms with Crippen molar-refractivity contribution in [2.75, 3.05) is 31.6 Å². The minimum atomic E-state index is -0.223. The molecule has 0 radical (unpaired) electrons. The molecule has 10 heteroatoms. The summed E-state index contributed by atoms with van der Waals surface area (Å²) in [4.78, 5) is 26.1. The number of likely N-dealkylation sites (N-methyl/N-ethyl adjacent to an activating group) is 1. The van der Waals surface area contributed by atoms with E-state index in [1.54, 1.807) is 34.2 Å². The average molecular weight is 508 g/mol. The summed E-state index contributed by atoms with van der Waals surface area (Å²) >= 11 is 1.62. The van der Waals surface area contributed by atoms with Crippen molar-refractivity contribution >= 4 is 28.7 Å². The van der Waals surface area contributed by atoms with Crippen LogP contribution in [0.4, 0.5) is 5.82 Å². The zero-order chi connectivity index (χ0) is 25.7. The van der Waals surface area contributed by atoms with Gasteiger partial charge in [0, 0.05) is 30.4 Å². The van der Waals surface area contributed by atoms with Gasteiger partial charge in [-0.1, -0.05) is 19.9 Å². The third kappa shape index (κ3) is 5.72. The highest BCUT2D eigenvalue weighted by Gasteiger charge is 2.18. The number of carbonyl (C=O) groups is 1. The summed E-state index contributed by atoms with van der Waals surface area (Å²) in [6, 6.07) is 9.43. The molecule has 4 aromatic rings. The molecule has 0 bridgehead atoms. The Labute approximate surface area is 215 Å². The average Bonchev–Trinajstić information content (AvgIpc) is 3.57. The lowest BCUT2D eigenvalue weighted by molar-refractivity contribution is 0.0938. The summed E-state index contributed by atoms with van der Waals surface area (Å²) in [7, 11) is 0. The molecule has 9 nitrogen and oxygen atoms in total. The second kappa shape index (κ2) is 11.6. The Hall–Kier alpha value is -3.34. The predicted octanol–water partition coefficient (Wildman–Crippen LogP) is 3.77. The summed E-state index contributed by atoms with van der Waals surface area (Å²) < 4.78 is 1.70. The molecule has 2 atom stereocenters. The van der Waals surface area contributed by atoms with Crippen LogP contribution in [0.3, 0.4) is 0 Å². The fraction of sp³-hybridized carbons (Fsp3) is 0.385. The molecule has 0 aliphatic rings. The molecule has 0 spiro atoms. The number of rotatable bonds is 11. The summed E-state index contributed by atoms with van der Waals surface area (Å²) in [6.07, 6.45) is 3.59. The fourth-order valence-corrected chi connectivity index (χ4v) is 4.80. The van der Waals surface area contributed by atoms with Crippen LogP contribution in [0, 0.1) is 0 Å². The number of hydrogen-bond donors (Lipinski definition) is 3. The molecular formula is C26H33N7O2S. The van der Waals surface area contributed by atoms with Crippen molar-refractivity contribution in [1.82, 2.24) is 29.8 Å². The first-order valence-electron chi connectivity index (χ1n) is 12.2. The Bertz CT molecular complexity index is 1300. The molecule has 0 aromatic carbocycles. The minimum Gasteiger partial charge on any atom is -0.394 e. The van der Waals surface area contributed by atoms with Gasteiger partial charge in [-0.25, -0.2) is 14.5 Å². The number of fused-ring (bicyclic) bond motifs is 1. The van der Waals surface area contributed by atoms with Crippen molar-refractivity contribution in [3.8, 4) is 21.8 Å². The summed E-state index contributed by atoms with van der Waals surface area (Å²) in [6.45, 7) is 10.5. The SMILES string of the molecule is CCN(CC)C(C)CNC(=O)c1cc(N[C@H](C)CO)nc(-c2cnn3ccc(-c4cccs4)nc23)c1. The van der Waals surface area contributed by atoms with Gasteiger partial charge in [0.1, 0.15) is 5.82 Å². The number of amides is 1. The predicted molar refractivity (Wildman–Crippen MR) is 144 cm³/mol. The van der Waals surface area contributed by atoms with Crippen LogP contribution in [0.5, 0.6) is 0 Å². The van der Waals surface area contributed by atoms with Gasteiger partial charge in [0.15, 0.2) is 5.65 Å². The van der Waals surface area contributed by atoms with Crippen molar-refractivity contribution in [3.05, 3.63) is 53.7 Å². The number of aromatic nitrogens is 4. The second-order valence-electron chi connectivity index (χ2n) is 8.75. The van der Waals surface area contributed by atoms with Crippen molar-refractivity contribution < 1.29 is 9.90 Å². The number of pyridine rings is 1. The minimum absolute atomic E-state index is 0.0583. The molecule has 0 fully saturated rings. The van der Waals surface area contributed by atoms with Crippen molar-refractivity contribution in [2.45, 2.75) is 39.8 Å². The number of nitrogens with one attached hydrogen (secondary N) is 2. The summed E-state index contributed by atoms with van der Waals surface area (Å²) in [5.41, 5.74) is 3.29. The molecule has 3 N–H and O–H groups in total. The van der Waals surface area contributed by atoms with Gasteiger partial charge in [-0.05, 0) is 56.6 Å². The standard InChI is InChI=1S/C26H33N7O2S/c1-5-32(6-2)18(4)14-27-26(35)19-12-22(30-24(13-19)29-17(3)16-34)20-15-28-33-10-9-21(31-25(20)33)23-8-7-11-36-23/h7-13,15,17-18,34H,5-6,14,16H2,1-4H3,(H,27,35)(H,29,30)/t17-,18?/m1/s1. The van der Waals surface area contributed by atoms with Gasteiger partial charge >= 0.3 is 0 Å². The zero-order valence-corrected chi connectivity index (χ0v) is 21.9. The normalized spacial score (nSPS) is 13.2. The van der Waals surface area contributed by atoms with E-state index in [1.165, 1.54) is 0 Å². The van der Waals surface area contributed by atoms with Crippen LogP contribution in [-0.4, -0.2) is 73.8 Å². The molecular weight excluding hydrogens is 474 g/mol.